The Bertz CT molecular complexity index is 1240. The average molecular weight is 433 g/mol. The largest absolute Gasteiger partial charge is 0.397 e. The summed E-state index contributed by atoms with van der Waals surface area (Å²) in [6.07, 6.45) is 4.93. The quantitative estimate of drug-likeness (QED) is 0.504. The number of amides is 1. The number of morpholine rings is 1. The summed E-state index contributed by atoms with van der Waals surface area (Å²) >= 11 is 1.55. The first-order valence-corrected chi connectivity index (χ1v) is 10.6. The molecule has 1 saturated heterocycles. The molecule has 31 heavy (non-hydrogen) atoms. The minimum atomic E-state index is -0.343. The van der Waals surface area contributed by atoms with Gasteiger partial charge in [0.2, 0.25) is 0 Å². The van der Waals surface area contributed by atoms with E-state index >= 15 is 0 Å². The van der Waals surface area contributed by atoms with E-state index in [0.29, 0.717) is 35.9 Å². The molecule has 1 aliphatic rings. The van der Waals surface area contributed by atoms with Gasteiger partial charge in [-0.1, -0.05) is 11.3 Å². The van der Waals surface area contributed by atoms with E-state index in [9.17, 15) is 4.79 Å². The first-order valence-electron chi connectivity index (χ1n) is 9.75. The summed E-state index contributed by atoms with van der Waals surface area (Å²) in [7, 11) is 0. The molecule has 1 amide bonds. The molecule has 0 saturated carbocycles. The summed E-state index contributed by atoms with van der Waals surface area (Å²) in [5, 5.41) is 3.77. The molecule has 0 aliphatic carbocycles. The zero-order chi connectivity index (χ0) is 21.2. The second-order valence-corrected chi connectivity index (χ2v) is 7.98. The molecule has 0 aromatic carbocycles. The van der Waals surface area contributed by atoms with Crippen molar-refractivity contribution in [1.82, 2.24) is 19.9 Å². The number of pyridine rings is 3. The summed E-state index contributed by atoms with van der Waals surface area (Å²) in [5.41, 5.74) is 9.30. The van der Waals surface area contributed by atoms with Crippen molar-refractivity contribution < 1.29 is 9.53 Å². The van der Waals surface area contributed by atoms with E-state index in [-0.39, 0.29) is 11.6 Å². The molecule has 1 fully saturated rings. The van der Waals surface area contributed by atoms with Crippen molar-refractivity contribution >= 4 is 44.1 Å². The van der Waals surface area contributed by atoms with Crippen LogP contribution in [0, 0.1) is 0 Å². The Morgan fingerprint density at radius 1 is 1.16 bits per heavy atom. The van der Waals surface area contributed by atoms with Crippen molar-refractivity contribution in [3.05, 3.63) is 54.6 Å². The normalized spacial score (nSPS) is 14.0. The number of nitrogens with two attached hydrogens (primary N) is 1. The number of nitrogen functional groups attached to an aromatic ring is 1. The lowest BCUT2D eigenvalue weighted by Gasteiger charge is -2.25. The highest BCUT2D eigenvalue weighted by molar-refractivity contribution is 7.22. The molecule has 0 radical (unpaired) electrons. The van der Waals surface area contributed by atoms with E-state index in [1.165, 1.54) is 0 Å². The smallest absolute Gasteiger partial charge is 0.274 e. The third-order valence-electron chi connectivity index (χ3n) is 4.87. The van der Waals surface area contributed by atoms with Crippen LogP contribution in [0.4, 0.5) is 16.5 Å². The molecule has 0 atom stereocenters. The molecular weight excluding hydrogens is 414 g/mol. The van der Waals surface area contributed by atoms with Crippen LogP contribution in [0.1, 0.15) is 10.5 Å². The molecule has 1 aliphatic heterocycles. The number of ether oxygens (including phenoxy) is 1. The first-order chi connectivity index (χ1) is 15.2. The van der Waals surface area contributed by atoms with Crippen LogP contribution >= 0.6 is 11.3 Å². The highest BCUT2D eigenvalue weighted by Crippen LogP contribution is 2.30. The lowest BCUT2D eigenvalue weighted by molar-refractivity contribution is 0.102. The molecule has 0 spiro atoms. The fourth-order valence-corrected chi connectivity index (χ4v) is 4.31. The van der Waals surface area contributed by atoms with Crippen molar-refractivity contribution in [3.63, 3.8) is 0 Å². The Labute approximate surface area is 181 Å². The Kier molecular flexibility index (Phi) is 5.14. The third kappa shape index (κ3) is 4.03. The molecule has 3 N–H and O–H groups in total. The second-order valence-electron chi connectivity index (χ2n) is 6.97. The lowest BCUT2D eigenvalue weighted by Crippen LogP contribution is -2.36. The summed E-state index contributed by atoms with van der Waals surface area (Å²) in [6, 6.07) is 8.79. The maximum Gasteiger partial charge on any atom is 0.274 e. The average Bonchev–Trinajstić information content (AvgIpc) is 3.24. The van der Waals surface area contributed by atoms with Gasteiger partial charge in [0.1, 0.15) is 5.69 Å². The minimum Gasteiger partial charge on any atom is -0.397 e. The van der Waals surface area contributed by atoms with Gasteiger partial charge in [-0.2, -0.15) is 4.98 Å². The molecule has 5 rings (SSSR count). The third-order valence-corrected chi connectivity index (χ3v) is 5.92. The summed E-state index contributed by atoms with van der Waals surface area (Å²) in [6.45, 7) is 3.01. The number of carbonyl (C=O) groups is 1. The van der Waals surface area contributed by atoms with Crippen molar-refractivity contribution in [2.24, 2.45) is 0 Å². The molecule has 4 aromatic rings. The maximum absolute atomic E-state index is 12.8. The van der Waals surface area contributed by atoms with Crippen LogP contribution in [0.3, 0.4) is 0 Å². The Balaban J connectivity index is 1.37. The fraction of sp³-hybridized carbons (Fsp3) is 0.190. The van der Waals surface area contributed by atoms with Crippen molar-refractivity contribution in [3.8, 4) is 11.3 Å². The molecule has 9 nitrogen and oxygen atoms in total. The van der Waals surface area contributed by atoms with Crippen LogP contribution in [0.5, 0.6) is 0 Å². The van der Waals surface area contributed by atoms with E-state index in [0.717, 1.165) is 28.5 Å². The van der Waals surface area contributed by atoms with Gasteiger partial charge in [-0.25, -0.2) is 9.97 Å². The standard InChI is InChI=1S/C21H19N7O2S/c22-15-3-4-16(26-18(15)13-2-1-5-23-11-13)20(29)25-14-10-17-19(24-12-14)27-21(31-17)28-6-8-30-9-7-28/h1-5,10-12H,6-9,22H2,(H,25,29). The number of anilines is 3. The number of fused-ring (bicyclic) bond motifs is 1. The van der Waals surface area contributed by atoms with Gasteiger partial charge < -0.3 is 20.7 Å². The molecule has 0 unspecified atom stereocenters. The number of hydrogen-bond acceptors (Lipinski definition) is 9. The van der Waals surface area contributed by atoms with Crippen molar-refractivity contribution in [2.45, 2.75) is 0 Å². The first kappa shape index (κ1) is 19.3. The molecular formula is C21H19N7O2S. The number of carbonyl (C=O) groups excluding carboxylic acids is 1. The van der Waals surface area contributed by atoms with Gasteiger partial charge in [-0.15, -0.1) is 0 Å². The topological polar surface area (TPSA) is 119 Å². The van der Waals surface area contributed by atoms with Gasteiger partial charge in [0.15, 0.2) is 10.8 Å². The number of thiazole rings is 1. The summed E-state index contributed by atoms with van der Waals surface area (Å²) in [4.78, 5) is 32.5. The number of nitrogens with zero attached hydrogens (tertiary/aromatic N) is 5. The van der Waals surface area contributed by atoms with Crippen LogP contribution in [0.2, 0.25) is 0 Å². The van der Waals surface area contributed by atoms with Crippen molar-refractivity contribution in [2.75, 3.05) is 42.3 Å². The van der Waals surface area contributed by atoms with Gasteiger partial charge in [-0.05, 0) is 30.3 Å². The van der Waals surface area contributed by atoms with Crippen molar-refractivity contribution in [1.29, 1.82) is 0 Å². The van der Waals surface area contributed by atoms with E-state index < -0.39 is 0 Å². The minimum absolute atomic E-state index is 0.256. The SMILES string of the molecule is Nc1ccc(C(=O)Nc2cnc3nc(N4CCOCC4)sc3c2)nc1-c1cccnc1. The fourth-order valence-electron chi connectivity index (χ4n) is 3.29. The number of nitrogens with one attached hydrogen (secondary N) is 1. The van der Waals surface area contributed by atoms with E-state index in [1.54, 1.807) is 48.1 Å². The van der Waals surface area contributed by atoms with Crippen LogP contribution in [-0.2, 0) is 4.74 Å². The van der Waals surface area contributed by atoms with Gasteiger partial charge >= 0.3 is 0 Å². The maximum atomic E-state index is 12.8. The Morgan fingerprint density at radius 3 is 2.84 bits per heavy atom. The molecule has 156 valence electrons. The van der Waals surface area contributed by atoms with Crippen LogP contribution in [0.25, 0.3) is 21.6 Å². The zero-order valence-electron chi connectivity index (χ0n) is 16.5. The molecule has 0 bridgehead atoms. The summed E-state index contributed by atoms with van der Waals surface area (Å²) < 4.78 is 6.30. The van der Waals surface area contributed by atoms with E-state index in [4.69, 9.17) is 10.5 Å². The molecule has 5 heterocycles. The predicted octanol–water partition coefficient (Wildman–Crippen LogP) is 2.82. The number of rotatable bonds is 4. The Hall–Kier alpha value is -3.63. The summed E-state index contributed by atoms with van der Waals surface area (Å²) in [5.74, 6) is -0.343. The predicted molar refractivity (Wildman–Crippen MR) is 120 cm³/mol. The highest BCUT2D eigenvalue weighted by Gasteiger charge is 2.17. The number of aromatic nitrogens is 4. The van der Waals surface area contributed by atoms with Gasteiger partial charge in [0.25, 0.3) is 5.91 Å². The van der Waals surface area contributed by atoms with Gasteiger partial charge in [0.05, 0.1) is 41.2 Å². The monoisotopic (exact) mass is 433 g/mol. The molecule has 4 aromatic heterocycles. The van der Waals surface area contributed by atoms with Crippen LogP contribution in [-0.4, -0.2) is 52.1 Å². The molecule has 10 heteroatoms. The second kappa shape index (κ2) is 8.25. The van der Waals surface area contributed by atoms with Crippen LogP contribution in [0.15, 0.2) is 48.9 Å². The van der Waals surface area contributed by atoms with Crippen LogP contribution < -0.4 is 16.0 Å². The van der Waals surface area contributed by atoms with E-state index in [1.807, 2.05) is 12.1 Å². The van der Waals surface area contributed by atoms with E-state index in [2.05, 4.69) is 30.2 Å². The highest BCUT2D eigenvalue weighted by atomic mass is 32.1. The number of hydrogen-bond donors (Lipinski definition) is 2. The van der Waals surface area contributed by atoms with Gasteiger partial charge in [0, 0.05) is 31.0 Å². The Morgan fingerprint density at radius 2 is 2.03 bits per heavy atom. The lowest BCUT2D eigenvalue weighted by atomic mass is 10.1. The van der Waals surface area contributed by atoms with Gasteiger partial charge in [-0.3, -0.25) is 9.78 Å². The zero-order valence-corrected chi connectivity index (χ0v) is 17.3.